The van der Waals surface area contributed by atoms with E-state index in [1.54, 1.807) is 36.4 Å². The Morgan fingerprint density at radius 3 is 2.44 bits per heavy atom. The summed E-state index contributed by atoms with van der Waals surface area (Å²) >= 11 is 0. The number of hydrogen-bond donors (Lipinski definition) is 1. The van der Waals surface area contributed by atoms with Crippen LogP contribution in [0.25, 0.3) is 0 Å². The summed E-state index contributed by atoms with van der Waals surface area (Å²) in [5.74, 6) is -0.483. The molecule has 1 N–H and O–H groups in total. The van der Waals surface area contributed by atoms with Gasteiger partial charge in [-0.15, -0.1) is 0 Å². The van der Waals surface area contributed by atoms with Gasteiger partial charge in [0, 0.05) is 32.5 Å². The number of ether oxygens (including phenoxy) is 2. The van der Waals surface area contributed by atoms with Gasteiger partial charge in [0.1, 0.15) is 11.9 Å². The number of hydrogen-bond acceptors (Lipinski definition) is 7. The lowest BCUT2D eigenvalue weighted by atomic mass is 10.1. The molecule has 0 aliphatic carbocycles. The molecule has 0 radical (unpaired) electrons. The predicted octanol–water partition coefficient (Wildman–Crippen LogP) is 2.90. The highest BCUT2D eigenvalue weighted by atomic mass is 16.5. The summed E-state index contributed by atoms with van der Waals surface area (Å²) in [6.07, 6.45) is 3.34. The van der Waals surface area contributed by atoms with E-state index in [2.05, 4.69) is 15.4 Å². The molecule has 1 fully saturated rings. The Balaban J connectivity index is 1.48. The Labute approximate surface area is 187 Å². The Morgan fingerprint density at radius 2 is 1.78 bits per heavy atom. The van der Waals surface area contributed by atoms with E-state index in [-0.39, 0.29) is 23.9 Å². The first-order valence-electron chi connectivity index (χ1n) is 10.5. The Kier molecular flexibility index (Phi) is 8.10. The summed E-state index contributed by atoms with van der Waals surface area (Å²) < 4.78 is 10.3. The normalized spacial score (nSPS) is 16.5. The van der Waals surface area contributed by atoms with Crippen molar-refractivity contribution >= 4 is 24.1 Å². The van der Waals surface area contributed by atoms with Crippen LogP contribution in [0.5, 0.6) is 5.75 Å². The topological polar surface area (TPSA) is 97.3 Å². The van der Waals surface area contributed by atoms with Gasteiger partial charge >= 0.3 is 11.9 Å². The molecule has 8 nitrogen and oxygen atoms in total. The number of nitrogens with one attached hydrogen (secondary N) is 1. The number of carbonyl (C=O) groups excluding carboxylic acids is 3. The lowest BCUT2D eigenvalue weighted by Gasteiger charge is -2.32. The second-order valence-corrected chi connectivity index (χ2v) is 7.67. The molecular formula is C24H27N3O5. The second kappa shape index (κ2) is 11.2. The first-order valence-corrected chi connectivity index (χ1v) is 10.5. The van der Waals surface area contributed by atoms with Gasteiger partial charge in [-0.2, -0.15) is 5.10 Å². The summed E-state index contributed by atoms with van der Waals surface area (Å²) in [4.78, 5) is 36.7. The monoisotopic (exact) mass is 437 g/mol. The zero-order chi connectivity index (χ0) is 22.9. The molecule has 0 spiro atoms. The molecule has 1 saturated heterocycles. The molecule has 0 bridgehead atoms. The van der Waals surface area contributed by atoms with Crippen molar-refractivity contribution in [3.05, 3.63) is 65.2 Å². The van der Waals surface area contributed by atoms with Crippen molar-refractivity contribution in [2.45, 2.75) is 39.3 Å². The number of hydrazone groups is 1. The standard InChI is InChI=1S/C24H27N3O5/c1-17(28)31-22-11-7-19(8-12-22)14-25-26-24(30)21-9-5-20(6-10-21)15-27-13-3-4-23(16-27)32-18(2)29/h5-12,14,23H,3-4,13,15-16H2,1-2H3,(H,26,30)/b25-14+. The van der Waals surface area contributed by atoms with E-state index in [9.17, 15) is 14.4 Å². The molecule has 1 aliphatic heterocycles. The number of rotatable bonds is 7. The van der Waals surface area contributed by atoms with E-state index in [0.717, 1.165) is 43.6 Å². The van der Waals surface area contributed by atoms with Crippen molar-refractivity contribution < 1.29 is 23.9 Å². The van der Waals surface area contributed by atoms with Gasteiger partial charge in [0.25, 0.3) is 5.91 Å². The number of likely N-dealkylation sites (tertiary alicyclic amines) is 1. The minimum absolute atomic E-state index is 0.0537. The summed E-state index contributed by atoms with van der Waals surface area (Å²) in [5, 5.41) is 3.97. The van der Waals surface area contributed by atoms with E-state index in [1.807, 2.05) is 12.1 Å². The Bertz CT molecular complexity index is 970. The van der Waals surface area contributed by atoms with E-state index < -0.39 is 0 Å². The van der Waals surface area contributed by atoms with Crippen LogP contribution in [-0.4, -0.2) is 48.2 Å². The Hall–Kier alpha value is -3.52. The van der Waals surface area contributed by atoms with Crippen molar-refractivity contribution in [2.24, 2.45) is 5.10 Å². The summed E-state index contributed by atoms with van der Waals surface area (Å²) in [6, 6.07) is 14.1. The molecule has 8 heteroatoms. The minimum atomic E-state index is -0.383. The van der Waals surface area contributed by atoms with E-state index in [1.165, 1.54) is 20.1 Å². The summed E-state index contributed by atoms with van der Waals surface area (Å²) in [5.41, 5.74) is 4.85. The van der Waals surface area contributed by atoms with Crippen LogP contribution in [-0.2, 0) is 20.9 Å². The maximum atomic E-state index is 12.3. The zero-order valence-corrected chi connectivity index (χ0v) is 18.2. The molecule has 1 amide bonds. The van der Waals surface area contributed by atoms with E-state index >= 15 is 0 Å². The van der Waals surface area contributed by atoms with E-state index in [4.69, 9.17) is 9.47 Å². The lowest BCUT2D eigenvalue weighted by molar-refractivity contribution is -0.149. The predicted molar refractivity (Wildman–Crippen MR) is 119 cm³/mol. The third-order valence-corrected chi connectivity index (χ3v) is 4.94. The van der Waals surface area contributed by atoms with Crippen LogP contribution < -0.4 is 10.2 Å². The van der Waals surface area contributed by atoms with Gasteiger partial charge in [-0.25, -0.2) is 5.43 Å². The molecule has 32 heavy (non-hydrogen) atoms. The molecule has 0 saturated carbocycles. The van der Waals surface area contributed by atoms with Gasteiger partial charge in [-0.3, -0.25) is 19.3 Å². The van der Waals surface area contributed by atoms with Crippen LogP contribution in [0.2, 0.25) is 0 Å². The van der Waals surface area contributed by atoms with Crippen LogP contribution in [0.3, 0.4) is 0 Å². The highest BCUT2D eigenvalue weighted by Crippen LogP contribution is 2.17. The van der Waals surface area contributed by atoms with Crippen molar-refractivity contribution in [3.63, 3.8) is 0 Å². The molecule has 168 valence electrons. The quantitative estimate of drug-likeness (QED) is 0.310. The second-order valence-electron chi connectivity index (χ2n) is 7.67. The van der Waals surface area contributed by atoms with Crippen LogP contribution >= 0.6 is 0 Å². The van der Waals surface area contributed by atoms with Crippen molar-refractivity contribution in [2.75, 3.05) is 13.1 Å². The first-order chi connectivity index (χ1) is 15.4. The number of benzene rings is 2. The Morgan fingerprint density at radius 1 is 1.06 bits per heavy atom. The maximum Gasteiger partial charge on any atom is 0.308 e. The van der Waals surface area contributed by atoms with Gasteiger partial charge in [0.15, 0.2) is 0 Å². The number of nitrogens with zero attached hydrogens (tertiary/aromatic N) is 2. The fourth-order valence-electron chi connectivity index (χ4n) is 3.53. The third-order valence-electron chi connectivity index (χ3n) is 4.94. The molecule has 0 aromatic heterocycles. The lowest BCUT2D eigenvalue weighted by Crippen LogP contribution is -2.39. The molecule has 1 atom stereocenters. The van der Waals surface area contributed by atoms with Gasteiger partial charge < -0.3 is 9.47 Å². The molecule has 1 unspecified atom stereocenters. The van der Waals surface area contributed by atoms with Gasteiger partial charge in [-0.1, -0.05) is 12.1 Å². The number of piperidine rings is 1. The highest BCUT2D eigenvalue weighted by Gasteiger charge is 2.22. The van der Waals surface area contributed by atoms with Crippen LogP contribution in [0.1, 0.15) is 48.2 Å². The molecule has 3 rings (SSSR count). The van der Waals surface area contributed by atoms with E-state index in [0.29, 0.717) is 11.3 Å². The fourth-order valence-corrected chi connectivity index (χ4v) is 3.53. The smallest absolute Gasteiger partial charge is 0.308 e. The maximum absolute atomic E-state index is 12.3. The molecule has 1 heterocycles. The first kappa shape index (κ1) is 23.1. The average Bonchev–Trinajstić information content (AvgIpc) is 2.75. The molecule has 1 aliphatic rings. The molecule has 2 aromatic rings. The van der Waals surface area contributed by atoms with Crippen molar-refractivity contribution in [3.8, 4) is 5.75 Å². The molecule has 2 aromatic carbocycles. The average molecular weight is 437 g/mol. The van der Waals surface area contributed by atoms with Crippen molar-refractivity contribution in [1.29, 1.82) is 0 Å². The number of esters is 2. The van der Waals surface area contributed by atoms with Gasteiger partial charge in [-0.05, 0) is 66.9 Å². The third kappa shape index (κ3) is 7.31. The largest absolute Gasteiger partial charge is 0.461 e. The fraction of sp³-hybridized carbons (Fsp3) is 0.333. The summed E-state index contributed by atoms with van der Waals surface area (Å²) in [6.45, 7) is 5.19. The zero-order valence-electron chi connectivity index (χ0n) is 18.2. The number of amides is 1. The minimum Gasteiger partial charge on any atom is -0.461 e. The van der Waals surface area contributed by atoms with Crippen LogP contribution in [0, 0.1) is 0 Å². The SMILES string of the molecule is CC(=O)Oc1ccc(/C=N/NC(=O)c2ccc(CN3CCCC(OC(C)=O)C3)cc2)cc1. The van der Waals surface area contributed by atoms with Gasteiger partial charge in [0.05, 0.1) is 6.21 Å². The molecular weight excluding hydrogens is 410 g/mol. The van der Waals surface area contributed by atoms with Crippen LogP contribution in [0.15, 0.2) is 53.6 Å². The number of carbonyl (C=O) groups is 3. The van der Waals surface area contributed by atoms with Crippen molar-refractivity contribution in [1.82, 2.24) is 10.3 Å². The van der Waals surface area contributed by atoms with Crippen LogP contribution in [0.4, 0.5) is 0 Å². The van der Waals surface area contributed by atoms with Gasteiger partial charge in [0.2, 0.25) is 0 Å². The highest BCUT2D eigenvalue weighted by molar-refractivity contribution is 5.94. The summed E-state index contributed by atoms with van der Waals surface area (Å²) in [7, 11) is 0.